The van der Waals surface area contributed by atoms with Crippen LogP contribution < -0.4 is 10.6 Å². The van der Waals surface area contributed by atoms with E-state index in [2.05, 4.69) is 30.9 Å². The first-order valence-corrected chi connectivity index (χ1v) is 10.7. The van der Waals surface area contributed by atoms with Crippen LogP contribution in [0.5, 0.6) is 0 Å². The second kappa shape index (κ2) is 9.31. The number of aromatic nitrogens is 5. The van der Waals surface area contributed by atoms with E-state index in [1.54, 1.807) is 13.8 Å². The summed E-state index contributed by atoms with van der Waals surface area (Å²) in [7, 11) is 0. The Kier molecular flexibility index (Phi) is 6.38. The van der Waals surface area contributed by atoms with Crippen molar-refractivity contribution in [2.24, 2.45) is 0 Å². The maximum Gasteiger partial charge on any atom is 0.435 e. The highest BCUT2D eigenvalue weighted by molar-refractivity contribution is 6.32. The number of carbonyl (C=O) groups is 2. The van der Waals surface area contributed by atoms with Crippen LogP contribution >= 0.6 is 11.6 Å². The third-order valence-corrected chi connectivity index (χ3v) is 5.21. The first-order valence-electron chi connectivity index (χ1n) is 10.3. The molecule has 0 saturated carbocycles. The highest BCUT2D eigenvalue weighted by atomic mass is 35.5. The van der Waals surface area contributed by atoms with Gasteiger partial charge in [0.1, 0.15) is 11.8 Å². The van der Waals surface area contributed by atoms with Gasteiger partial charge in [-0.3, -0.25) is 14.7 Å². The zero-order valence-corrected chi connectivity index (χ0v) is 19.4. The van der Waals surface area contributed by atoms with Gasteiger partial charge in [-0.15, -0.1) is 0 Å². The Balaban J connectivity index is 1.88. The summed E-state index contributed by atoms with van der Waals surface area (Å²) >= 11 is 6.09. The van der Waals surface area contributed by atoms with Gasteiger partial charge >= 0.3 is 6.18 Å². The number of hydrogen-bond donors (Lipinski definition) is 3. The minimum Gasteiger partial charge on any atom is -0.350 e. The van der Waals surface area contributed by atoms with E-state index >= 15 is 0 Å². The maximum atomic E-state index is 13.5. The van der Waals surface area contributed by atoms with Gasteiger partial charge in [-0.1, -0.05) is 11.6 Å². The first kappa shape index (κ1) is 24.7. The number of amides is 2. The van der Waals surface area contributed by atoms with Gasteiger partial charge in [-0.05, 0) is 32.0 Å². The minimum absolute atomic E-state index is 0.0584. The molecule has 3 N–H and O–H groups in total. The summed E-state index contributed by atoms with van der Waals surface area (Å²) < 4.78 is 41.1. The number of anilines is 1. The lowest BCUT2D eigenvalue weighted by Gasteiger charge is -2.16. The van der Waals surface area contributed by atoms with Crippen LogP contribution in [0.3, 0.4) is 0 Å². The topological polar surface area (TPSA) is 141 Å². The summed E-state index contributed by atoms with van der Waals surface area (Å²) in [5.74, 6) is -1.94. The predicted molar refractivity (Wildman–Crippen MR) is 123 cm³/mol. The predicted octanol–water partition coefficient (Wildman–Crippen LogP) is 4.08. The molecule has 0 aliphatic heterocycles. The van der Waals surface area contributed by atoms with Gasteiger partial charge in [0.05, 0.1) is 33.6 Å². The highest BCUT2D eigenvalue weighted by Crippen LogP contribution is 2.32. The molecule has 0 radical (unpaired) electrons. The Morgan fingerprint density at radius 3 is 2.64 bits per heavy atom. The van der Waals surface area contributed by atoms with E-state index in [0.29, 0.717) is 16.1 Å². The average Bonchev–Trinajstić information content (AvgIpc) is 3.45. The van der Waals surface area contributed by atoms with E-state index in [-0.39, 0.29) is 39.2 Å². The van der Waals surface area contributed by atoms with Crippen molar-refractivity contribution >= 4 is 40.0 Å². The molecule has 14 heteroatoms. The number of H-pyrrole nitrogens is 1. The van der Waals surface area contributed by atoms with Crippen LogP contribution in [0.4, 0.5) is 18.9 Å². The molecule has 4 aromatic rings. The quantitative estimate of drug-likeness (QED) is 0.365. The molecule has 184 valence electrons. The molecule has 0 aliphatic rings. The number of hydrogen-bond acceptors (Lipinski definition) is 6. The Labute approximate surface area is 206 Å². The van der Waals surface area contributed by atoms with Crippen molar-refractivity contribution < 1.29 is 22.8 Å². The number of pyridine rings is 1. The van der Waals surface area contributed by atoms with Crippen molar-refractivity contribution in [2.75, 3.05) is 5.32 Å². The molecular weight excluding hydrogens is 501 g/mol. The third kappa shape index (κ3) is 4.58. The van der Waals surface area contributed by atoms with E-state index in [0.717, 1.165) is 0 Å². The lowest BCUT2D eigenvalue weighted by molar-refractivity contribution is -0.141. The van der Waals surface area contributed by atoms with Crippen molar-refractivity contribution in [3.05, 3.63) is 64.2 Å². The van der Waals surface area contributed by atoms with Gasteiger partial charge < -0.3 is 10.6 Å². The number of carbonyl (C=O) groups excluding carboxylic acids is 2. The fourth-order valence-corrected chi connectivity index (χ4v) is 3.63. The summed E-state index contributed by atoms with van der Waals surface area (Å²) in [6.45, 7) is 3.42. The SMILES string of the molecule is CC(C)NC(=O)c1c(NC(=O)c2cc(C(F)(F)F)nn2-c2ncccc2Cl)c(C#N)cc2cn[nH]c12. The number of aromatic amines is 1. The monoisotopic (exact) mass is 516 g/mol. The summed E-state index contributed by atoms with van der Waals surface area (Å²) in [5, 5.41) is 25.2. The van der Waals surface area contributed by atoms with E-state index in [1.165, 1.54) is 30.6 Å². The number of halogens is 4. The van der Waals surface area contributed by atoms with Gasteiger partial charge in [0, 0.05) is 23.7 Å². The molecule has 3 aromatic heterocycles. The molecule has 0 aliphatic carbocycles. The number of fused-ring (bicyclic) bond motifs is 1. The Hall–Kier alpha value is -4.44. The standard InChI is InChI=1S/C22H16ClF3N8O2/c1-10(2)30-21(36)16-17(11(8-27)6-12-9-29-32-18(12)16)31-20(35)14-7-15(22(24,25)26)33-34(14)19-13(23)4-3-5-28-19/h3-7,9-10H,1-2H3,(H,29,32)(H,30,36)(H,31,35). The first-order chi connectivity index (χ1) is 17.0. The molecule has 0 atom stereocenters. The average molecular weight is 517 g/mol. The molecule has 36 heavy (non-hydrogen) atoms. The molecule has 0 fully saturated rings. The molecule has 4 rings (SSSR count). The molecule has 0 saturated heterocycles. The number of nitrogens with zero attached hydrogens (tertiary/aromatic N) is 5. The van der Waals surface area contributed by atoms with Crippen LogP contribution in [0.25, 0.3) is 16.7 Å². The fourth-order valence-electron chi connectivity index (χ4n) is 3.43. The molecule has 10 nitrogen and oxygen atoms in total. The van der Waals surface area contributed by atoms with Gasteiger partial charge in [0.2, 0.25) is 0 Å². The lowest BCUT2D eigenvalue weighted by Crippen LogP contribution is -2.31. The van der Waals surface area contributed by atoms with Gasteiger partial charge in [0.25, 0.3) is 11.8 Å². The normalized spacial score (nSPS) is 11.5. The molecule has 3 heterocycles. The second-order valence-electron chi connectivity index (χ2n) is 7.84. The Morgan fingerprint density at radius 1 is 1.25 bits per heavy atom. The van der Waals surface area contributed by atoms with Gasteiger partial charge in [-0.2, -0.15) is 28.6 Å². The van der Waals surface area contributed by atoms with Crippen LogP contribution in [-0.4, -0.2) is 42.8 Å². The van der Waals surface area contributed by atoms with Crippen molar-refractivity contribution in [2.45, 2.75) is 26.1 Å². The molecule has 0 bridgehead atoms. The van der Waals surface area contributed by atoms with Crippen LogP contribution in [-0.2, 0) is 6.18 Å². The molecular formula is C22H16ClF3N8O2. The van der Waals surface area contributed by atoms with Crippen molar-refractivity contribution in [3.8, 4) is 11.9 Å². The van der Waals surface area contributed by atoms with E-state index in [1.807, 2.05) is 6.07 Å². The van der Waals surface area contributed by atoms with Crippen molar-refractivity contribution in [3.63, 3.8) is 0 Å². The number of benzene rings is 1. The van der Waals surface area contributed by atoms with E-state index in [9.17, 15) is 28.0 Å². The van der Waals surface area contributed by atoms with Crippen LogP contribution in [0.2, 0.25) is 5.02 Å². The van der Waals surface area contributed by atoms with Crippen LogP contribution in [0, 0.1) is 11.3 Å². The molecule has 1 aromatic carbocycles. The summed E-state index contributed by atoms with van der Waals surface area (Å²) in [6, 6.07) is 6.33. The highest BCUT2D eigenvalue weighted by Gasteiger charge is 2.37. The second-order valence-corrected chi connectivity index (χ2v) is 8.24. The van der Waals surface area contributed by atoms with Crippen LogP contribution in [0.15, 0.2) is 36.7 Å². The number of rotatable bonds is 5. The minimum atomic E-state index is -4.88. The maximum absolute atomic E-state index is 13.5. The number of alkyl halides is 3. The van der Waals surface area contributed by atoms with Crippen molar-refractivity contribution in [1.29, 1.82) is 5.26 Å². The number of nitriles is 1. The zero-order chi connectivity index (χ0) is 26.2. The smallest absolute Gasteiger partial charge is 0.350 e. The van der Waals surface area contributed by atoms with E-state index < -0.39 is 29.4 Å². The zero-order valence-electron chi connectivity index (χ0n) is 18.6. The number of nitrogens with one attached hydrogen (secondary N) is 3. The Morgan fingerprint density at radius 2 is 2.00 bits per heavy atom. The largest absolute Gasteiger partial charge is 0.435 e. The lowest BCUT2D eigenvalue weighted by atomic mass is 10.0. The summed E-state index contributed by atoms with van der Waals surface area (Å²) in [5.41, 5.74) is -2.15. The Bertz CT molecular complexity index is 1530. The molecule has 0 unspecified atom stereocenters. The van der Waals surface area contributed by atoms with Crippen LogP contribution in [0.1, 0.15) is 46.0 Å². The third-order valence-electron chi connectivity index (χ3n) is 4.92. The molecule has 0 spiro atoms. The summed E-state index contributed by atoms with van der Waals surface area (Å²) in [6.07, 6.45) is -2.22. The van der Waals surface area contributed by atoms with Crippen molar-refractivity contribution in [1.82, 2.24) is 30.3 Å². The fraction of sp³-hybridized carbons (Fsp3) is 0.182. The van der Waals surface area contributed by atoms with Gasteiger partial charge in [0.15, 0.2) is 11.5 Å². The van der Waals surface area contributed by atoms with Gasteiger partial charge in [-0.25, -0.2) is 9.67 Å². The van der Waals surface area contributed by atoms with E-state index in [4.69, 9.17) is 11.6 Å². The molecule has 2 amide bonds. The summed E-state index contributed by atoms with van der Waals surface area (Å²) in [4.78, 5) is 30.3.